The maximum atomic E-state index is 6.41. The molecule has 0 amide bonds. The van der Waals surface area contributed by atoms with Gasteiger partial charge in [-0.1, -0.05) is 48.9 Å². The Hall–Kier alpha value is -0.280. The first kappa shape index (κ1) is 15.1. The summed E-state index contributed by atoms with van der Waals surface area (Å²) >= 11 is 12.1. The summed E-state index contributed by atoms with van der Waals surface area (Å²) < 4.78 is 5.79. The lowest BCUT2D eigenvalue weighted by Crippen LogP contribution is -2.43. The van der Waals surface area contributed by atoms with Crippen LogP contribution in [0.5, 0.6) is 0 Å². The predicted octanol–water partition coefficient (Wildman–Crippen LogP) is 4.56. The molecule has 19 heavy (non-hydrogen) atoms. The predicted molar refractivity (Wildman–Crippen MR) is 80.7 cm³/mol. The number of rotatable bonds is 4. The van der Waals surface area contributed by atoms with Crippen LogP contribution in [-0.4, -0.2) is 12.1 Å². The largest absolute Gasteiger partial charge is 0.375 e. The van der Waals surface area contributed by atoms with Gasteiger partial charge >= 0.3 is 0 Å². The molecule has 0 spiro atoms. The monoisotopic (exact) mass is 301 g/mol. The molecule has 1 fully saturated rings. The minimum absolute atomic E-state index is 0.165. The second-order valence-corrected chi connectivity index (χ2v) is 6.35. The zero-order valence-corrected chi connectivity index (χ0v) is 12.6. The number of ether oxygens (including phenoxy) is 1. The van der Waals surface area contributed by atoms with E-state index in [1.54, 1.807) is 12.1 Å². The van der Waals surface area contributed by atoms with E-state index >= 15 is 0 Å². The molecule has 4 heteroatoms. The summed E-state index contributed by atoms with van der Waals surface area (Å²) in [6.07, 6.45) is 7.10. The highest BCUT2D eigenvalue weighted by Crippen LogP contribution is 2.26. The average molecular weight is 302 g/mol. The van der Waals surface area contributed by atoms with Crippen LogP contribution in [0.2, 0.25) is 10.0 Å². The fourth-order valence-corrected chi connectivity index (χ4v) is 2.96. The molecule has 2 nitrogen and oxygen atoms in total. The van der Waals surface area contributed by atoms with Gasteiger partial charge in [0.1, 0.15) is 0 Å². The molecule has 0 bridgehead atoms. The molecular formula is C15H21Cl2NO. The number of nitrogens with two attached hydrogens (primary N) is 1. The number of hydrogen-bond donors (Lipinski definition) is 1. The lowest BCUT2D eigenvalue weighted by atomic mass is 9.93. The van der Waals surface area contributed by atoms with E-state index in [2.05, 4.69) is 0 Å². The van der Waals surface area contributed by atoms with Gasteiger partial charge in [0.25, 0.3) is 0 Å². The van der Waals surface area contributed by atoms with Gasteiger partial charge in [0.2, 0.25) is 0 Å². The van der Waals surface area contributed by atoms with Crippen molar-refractivity contribution in [2.75, 3.05) is 6.61 Å². The molecule has 0 aliphatic heterocycles. The van der Waals surface area contributed by atoms with Gasteiger partial charge in [0.15, 0.2) is 0 Å². The van der Waals surface area contributed by atoms with E-state index < -0.39 is 0 Å². The van der Waals surface area contributed by atoms with Crippen molar-refractivity contribution in [1.29, 1.82) is 0 Å². The standard InChI is InChI=1S/C15H21Cl2NO/c16-13-5-6-14(17)12(9-13)10-19-11-15(18)7-3-1-2-4-8-15/h5-6,9H,1-4,7-8,10-11,18H2. The van der Waals surface area contributed by atoms with Crippen LogP contribution >= 0.6 is 23.2 Å². The van der Waals surface area contributed by atoms with E-state index in [4.69, 9.17) is 33.7 Å². The Labute approximate surface area is 125 Å². The minimum atomic E-state index is -0.165. The lowest BCUT2D eigenvalue weighted by molar-refractivity contribution is 0.0668. The first-order valence-electron chi connectivity index (χ1n) is 6.90. The highest BCUT2D eigenvalue weighted by atomic mass is 35.5. The Bertz CT molecular complexity index is 415. The summed E-state index contributed by atoms with van der Waals surface area (Å²) in [6.45, 7) is 1.06. The normalized spacial score (nSPS) is 19.1. The van der Waals surface area contributed by atoms with Gasteiger partial charge in [-0.15, -0.1) is 0 Å². The molecular weight excluding hydrogens is 281 g/mol. The Morgan fingerprint density at radius 1 is 1.11 bits per heavy atom. The summed E-state index contributed by atoms with van der Waals surface area (Å²) in [7, 11) is 0. The van der Waals surface area contributed by atoms with Gasteiger partial charge in [-0.2, -0.15) is 0 Å². The summed E-state index contributed by atoms with van der Waals surface area (Å²) in [4.78, 5) is 0. The molecule has 2 rings (SSSR count). The van der Waals surface area contributed by atoms with E-state index in [1.807, 2.05) is 6.07 Å². The van der Waals surface area contributed by atoms with Gasteiger partial charge in [0.05, 0.1) is 13.2 Å². The van der Waals surface area contributed by atoms with Gasteiger partial charge < -0.3 is 10.5 Å². The Morgan fingerprint density at radius 2 is 1.79 bits per heavy atom. The van der Waals surface area contributed by atoms with Crippen molar-refractivity contribution in [3.63, 3.8) is 0 Å². The molecule has 1 aromatic rings. The fourth-order valence-electron chi connectivity index (χ4n) is 2.60. The first-order chi connectivity index (χ1) is 9.09. The average Bonchev–Trinajstić information content (AvgIpc) is 2.59. The zero-order valence-electron chi connectivity index (χ0n) is 11.1. The molecule has 0 atom stereocenters. The highest BCUT2D eigenvalue weighted by molar-refractivity contribution is 6.33. The number of benzene rings is 1. The summed E-state index contributed by atoms with van der Waals surface area (Å²) in [5.74, 6) is 0. The molecule has 2 N–H and O–H groups in total. The Kier molecular flexibility index (Phi) is 5.52. The smallest absolute Gasteiger partial charge is 0.0732 e. The summed E-state index contributed by atoms with van der Waals surface area (Å²) in [5, 5.41) is 1.37. The van der Waals surface area contributed by atoms with Crippen molar-refractivity contribution in [2.24, 2.45) is 5.73 Å². The van der Waals surface area contributed by atoms with Gasteiger partial charge in [0, 0.05) is 15.6 Å². The first-order valence-corrected chi connectivity index (χ1v) is 7.65. The third-order valence-electron chi connectivity index (χ3n) is 3.75. The minimum Gasteiger partial charge on any atom is -0.375 e. The van der Waals surface area contributed by atoms with Gasteiger partial charge in [-0.3, -0.25) is 0 Å². The SMILES string of the molecule is NC1(COCc2cc(Cl)ccc2Cl)CCCCCC1. The van der Waals surface area contributed by atoms with Crippen molar-refractivity contribution in [3.8, 4) is 0 Å². The highest BCUT2D eigenvalue weighted by Gasteiger charge is 2.26. The van der Waals surface area contributed by atoms with Crippen LogP contribution in [0.1, 0.15) is 44.1 Å². The van der Waals surface area contributed by atoms with Crippen molar-refractivity contribution in [3.05, 3.63) is 33.8 Å². The van der Waals surface area contributed by atoms with Crippen molar-refractivity contribution < 1.29 is 4.74 Å². The van der Waals surface area contributed by atoms with Crippen molar-refractivity contribution >= 4 is 23.2 Å². The second kappa shape index (κ2) is 6.94. The van der Waals surface area contributed by atoms with Crippen LogP contribution in [-0.2, 0) is 11.3 Å². The van der Waals surface area contributed by atoms with E-state index in [1.165, 1.54) is 25.7 Å². The number of halogens is 2. The molecule has 0 unspecified atom stereocenters. The maximum absolute atomic E-state index is 6.41. The van der Waals surface area contributed by atoms with E-state index in [9.17, 15) is 0 Å². The van der Waals surface area contributed by atoms with Crippen LogP contribution in [0.15, 0.2) is 18.2 Å². The Morgan fingerprint density at radius 3 is 2.47 bits per heavy atom. The molecule has 1 saturated carbocycles. The summed E-state index contributed by atoms with van der Waals surface area (Å²) in [6, 6.07) is 5.43. The quantitative estimate of drug-likeness (QED) is 0.827. The molecule has 1 aromatic carbocycles. The van der Waals surface area contributed by atoms with Crippen LogP contribution in [0.25, 0.3) is 0 Å². The lowest BCUT2D eigenvalue weighted by Gasteiger charge is -2.27. The molecule has 1 aliphatic carbocycles. The molecule has 106 valence electrons. The topological polar surface area (TPSA) is 35.2 Å². The summed E-state index contributed by atoms with van der Waals surface area (Å²) in [5.41, 5.74) is 7.16. The molecule has 0 saturated heterocycles. The van der Waals surface area contributed by atoms with Crippen LogP contribution in [0, 0.1) is 0 Å². The number of hydrogen-bond acceptors (Lipinski definition) is 2. The van der Waals surface area contributed by atoms with Crippen LogP contribution < -0.4 is 5.73 Å². The van der Waals surface area contributed by atoms with Crippen molar-refractivity contribution in [2.45, 2.75) is 50.7 Å². The van der Waals surface area contributed by atoms with Crippen LogP contribution in [0.4, 0.5) is 0 Å². The molecule has 1 aliphatic rings. The van der Waals surface area contributed by atoms with Gasteiger partial charge in [-0.25, -0.2) is 0 Å². The molecule has 0 radical (unpaired) electrons. The van der Waals surface area contributed by atoms with Crippen molar-refractivity contribution in [1.82, 2.24) is 0 Å². The zero-order chi connectivity index (χ0) is 13.7. The molecule has 0 aromatic heterocycles. The van der Waals surface area contributed by atoms with Gasteiger partial charge in [-0.05, 0) is 36.6 Å². The molecule has 0 heterocycles. The second-order valence-electron chi connectivity index (χ2n) is 5.51. The van der Waals surface area contributed by atoms with Crippen LogP contribution in [0.3, 0.4) is 0 Å². The fraction of sp³-hybridized carbons (Fsp3) is 0.600. The Balaban J connectivity index is 1.86. The van der Waals surface area contributed by atoms with E-state index in [0.29, 0.717) is 23.3 Å². The van der Waals surface area contributed by atoms with E-state index in [0.717, 1.165) is 18.4 Å². The van der Waals surface area contributed by atoms with E-state index in [-0.39, 0.29) is 5.54 Å². The third-order valence-corrected chi connectivity index (χ3v) is 4.36. The third kappa shape index (κ3) is 4.64. The maximum Gasteiger partial charge on any atom is 0.0732 e.